The second-order valence-electron chi connectivity index (χ2n) is 2.06. The third-order valence-electron chi connectivity index (χ3n) is 1.17. The molecule has 5 heteroatoms. The number of hydrogen-bond donors (Lipinski definition) is 0. The first-order chi connectivity index (χ1) is 5.40. The van der Waals surface area contributed by atoms with Gasteiger partial charge in [0.1, 0.15) is 0 Å². The van der Waals surface area contributed by atoms with Crippen LogP contribution in [0.25, 0.3) is 0 Å². The van der Waals surface area contributed by atoms with E-state index in [0.717, 1.165) is 7.11 Å². The molecule has 0 heterocycles. The molecule has 0 aliphatic rings. The number of rotatable bonds is 2. The van der Waals surface area contributed by atoms with Gasteiger partial charge in [-0.2, -0.15) is 13.2 Å². The van der Waals surface area contributed by atoms with Gasteiger partial charge in [-0.25, -0.2) is 4.79 Å². The van der Waals surface area contributed by atoms with Gasteiger partial charge in [0.15, 0.2) is 0 Å². The van der Waals surface area contributed by atoms with Crippen molar-refractivity contribution in [3.05, 3.63) is 11.6 Å². The monoisotopic (exact) mass is 182 g/mol. The first-order valence-corrected chi connectivity index (χ1v) is 3.27. The van der Waals surface area contributed by atoms with E-state index in [9.17, 15) is 18.0 Å². The minimum atomic E-state index is -4.46. The zero-order valence-corrected chi connectivity index (χ0v) is 6.73. The van der Waals surface area contributed by atoms with E-state index in [1.54, 1.807) is 0 Å². The number of ether oxygens (including phenoxy) is 1. The molecular weight excluding hydrogens is 173 g/mol. The summed E-state index contributed by atoms with van der Waals surface area (Å²) in [5.74, 6) is -0.935. The zero-order chi connectivity index (χ0) is 9.78. The standard InChI is InChI=1S/C7H9F3O2/c1-3-5(6(11)12-2)4-7(8,9)10/h4H,3H2,1-2H3. The van der Waals surface area contributed by atoms with Gasteiger partial charge in [-0.05, 0) is 6.42 Å². The summed E-state index contributed by atoms with van der Waals surface area (Å²) in [7, 11) is 1.04. The Kier molecular flexibility index (Phi) is 3.79. The second-order valence-corrected chi connectivity index (χ2v) is 2.06. The lowest BCUT2D eigenvalue weighted by Crippen LogP contribution is -2.10. The normalized spacial score (nSPS) is 12.9. The van der Waals surface area contributed by atoms with Crippen LogP contribution in [0.4, 0.5) is 13.2 Å². The van der Waals surface area contributed by atoms with Gasteiger partial charge in [-0.3, -0.25) is 0 Å². The van der Waals surface area contributed by atoms with Gasteiger partial charge in [-0.1, -0.05) is 6.92 Å². The van der Waals surface area contributed by atoms with Gasteiger partial charge >= 0.3 is 12.1 Å². The predicted octanol–water partition coefficient (Wildman–Crippen LogP) is 2.06. The van der Waals surface area contributed by atoms with E-state index in [1.165, 1.54) is 6.92 Å². The van der Waals surface area contributed by atoms with Crippen LogP contribution in [0.2, 0.25) is 0 Å². The Labute approximate surface area is 68.0 Å². The van der Waals surface area contributed by atoms with Crippen LogP contribution < -0.4 is 0 Å². The number of esters is 1. The first kappa shape index (κ1) is 11.0. The SMILES string of the molecule is CCC(=CC(F)(F)F)C(=O)OC. The van der Waals surface area contributed by atoms with Crippen molar-refractivity contribution in [1.82, 2.24) is 0 Å². The summed E-state index contributed by atoms with van der Waals surface area (Å²) in [5, 5.41) is 0. The van der Waals surface area contributed by atoms with Crippen molar-refractivity contribution in [2.75, 3.05) is 7.11 Å². The minimum Gasteiger partial charge on any atom is -0.466 e. The van der Waals surface area contributed by atoms with E-state index in [-0.39, 0.29) is 18.1 Å². The van der Waals surface area contributed by atoms with E-state index in [2.05, 4.69) is 4.74 Å². The highest BCUT2D eigenvalue weighted by molar-refractivity contribution is 5.88. The van der Waals surface area contributed by atoms with Crippen molar-refractivity contribution >= 4 is 5.97 Å². The molecule has 0 fully saturated rings. The maximum atomic E-state index is 11.7. The predicted molar refractivity (Wildman–Crippen MR) is 36.4 cm³/mol. The van der Waals surface area contributed by atoms with E-state index >= 15 is 0 Å². The van der Waals surface area contributed by atoms with Crippen LogP contribution in [0.1, 0.15) is 13.3 Å². The molecule has 0 radical (unpaired) electrons. The lowest BCUT2D eigenvalue weighted by Gasteiger charge is -2.04. The Balaban J connectivity index is 4.55. The molecule has 0 saturated heterocycles. The lowest BCUT2D eigenvalue weighted by atomic mass is 10.2. The largest absolute Gasteiger partial charge is 0.466 e. The van der Waals surface area contributed by atoms with E-state index in [1.807, 2.05) is 0 Å². The van der Waals surface area contributed by atoms with Crippen LogP contribution in [-0.2, 0) is 9.53 Å². The van der Waals surface area contributed by atoms with E-state index in [0.29, 0.717) is 0 Å². The fourth-order valence-corrected chi connectivity index (χ4v) is 0.634. The topological polar surface area (TPSA) is 26.3 Å². The molecule has 70 valence electrons. The fourth-order valence-electron chi connectivity index (χ4n) is 0.634. The first-order valence-electron chi connectivity index (χ1n) is 3.27. The maximum Gasteiger partial charge on any atom is 0.410 e. The number of alkyl halides is 3. The van der Waals surface area contributed by atoms with Crippen molar-refractivity contribution < 1.29 is 22.7 Å². The molecule has 0 aromatic rings. The van der Waals surface area contributed by atoms with Gasteiger partial charge in [0.25, 0.3) is 0 Å². The molecule has 0 aliphatic carbocycles. The summed E-state index contributed by atoms with van der Waals surface area (Å²) in [5.41, 5.74) is -0.370. The Morgan fingerprint density at radius 2 is 2.00 bits per heavy atom. The zero-order valence-electron chi connectivity index (χ0n) is 6.73. The van der Waals surface area contributed by atoms with Crippen molar-refractivity contribution in [2.45, 2.75) is 19.5 Å². The van der Waals surface area contributed by atoms with Gasteiger partial charge in [0.2, 0.25) is 0 Å². The van der Waals surface area contributed by atoms with Gasteiger partial charge < -0.3 is 4.74 Å². The highest BCUT2D eigenvalue weighted by atomic mass is 19.4. The van der Waals surface area contributed by atoms with Gasteiger partial charge in [0, 0.05) is 11.6 Å². The van der Waals surface area contributed by atoms with Crippen molar-refractivity contribution in [1.29, 1.82) is 0 Å². The van der Waals surface area contributed by atoms with E-state index in [4.69, 9.17) is 0 Å². The summed E-state index contributed by atoms with van der Waals surface area (Å²) in [6, 6.07) is 0. The molecule has 0 rings (SSSR count). The molecule has 0 spiro atoms. The third kappa shape index (κ3) is 4.00. The van der Waals surface area contributed by atoms with Gasteiger partial charge in [0.05, 0.1) is 7.11 Å². The Morgan fingerprint density at radius 1 is 1.50 bits per heavy atom. The molecule has 2 nitrogen and oxygen atoms in total. The van der Waals surface area contributed by atoms with Gasteiger partial charge in [-0.15, -0.1) is 0 Å². The summed E-state index contributed by atoms with van der Waals surface area (Å²) < 4.78 is 39.3. The van der Waals surface area contributed by atoms with Crippen LogP contribution in [0.5, 0.6) is 0 Å². The number of carbonyl (C=O) groups excluding carboxylic acids is 1. The number of hydrogen-bond acceptors (Lipinski definition) is 2. The molecule has 0 saturated carbocycles. The number of allylic oxidation sites excluding steroid dienone is 1. The molecule has 0 amide bonds. The molecule has 0 atom stereocenters. The summed E-state index contributed by atoms with van der Waals surface area (Å²) >= 11 is 0. The Morgan fingerprint density at radius 3 is 2.25 bits per heavy atom. The van der Waals surface area contributed by atoms with Crippen molar-refractivity contribution in [3.63, 3.8) is 0 Å². The second kappa shape index (κ2) is 4.13. The highest BCUT2D eigenvalue weighted by Crippen LogP contribution is 2.20. The summed E-state index contributed by atoms with van der Waals surface area (Å²) in [6.07, 6.45) is -4.50. The molecule has 0 aromatic heterocycles. The van der Waals surface area contributed by atoms with Crippen LogP contribution >= 0.6 is 0 Å². The molecule has 0 unspecified atom stereocenters. The molecular formula is C7H9F3O2. The molecule has 0 aromatic carbocycles. The summed E-state index contributed by atoms with van der Waals surface area (Å²) in [4.78, 5) is 10.6. The van der Waals surface area contributed by atoms with Crippen molar-refractivity contribution in [3.8, 4) is 0 Å². The average molecular weight is 182 g/mol. The maximum absolute atomic E-state index is 11.7. The van der Waals surface area contributed by atoms with Crippen LogP contribution in [0.3, 0.4) is 0 Å². The fraction of sp³-hybridized carbons (Fsp3) is 0.571. The third-order valence-corrected chi connectivity index (χ3v) is 1.17. The summed E-state index contributed by atoms with van der Waals surface area (Å²) in [6.45, 7) is 1.45. The van der Waals surface area contributed by atoms with E-state index < -0.39 is 12.1 Å². The molecule has 12 heavy (non-hydrogen) atoms. The van der Waals surface area contributed by atoms with Crippen LogP contribution in [-0.4, -0.2) is 19.3 Å². The number of methoxy groups -OCH3 is 1. The highest BCUT2D eigenvalue weighted by Gasteiger charge is 2.26. The number of carbonyl (C=O) groups is 1. The van der Waals surface area contributed by atoms with Crippen LogP contribution in [0, 0.1) is 0 Å². The average Bonchev–Trinajstić information content (AvgIpc) is 1.97. The molecule has 0 aliphatic heterocycles. The lowest BCUT2D eigenvalue weighted by molar-refractivity contribution is -0.137. The Hall–Kier alpha value is -1.00. The van der Waals surface area contributed by atoms with Crippen molar-refractivity contribution in [2.24, 2.45) is 0 Å². The Bertz CT molecular complexity index is 193. The molecule has 0 N–H and O–H groups in total. The van der Waals surface area contributed by atoms with Crippen LogP contribution in [0.15, 0.2) is 11.6 Å². The quantitative estimate of drug-likeness (QED) is 0.482. The minimum absolute atomic E-state index is 0.00613. The number of halogens is 3. The molecule has 0 bridgehead atoms. The smallest absolute Gasteiger partial charge is 0.410 e.